The van der Waals surface area contributed by atoms with Crippen molar-refractivity contribution in [3.63, 3.8) is 0 Å². The second kappa shape index (κ2) is 7.31. The van der Waals surface area contributed by atoms with Crippen molar-refractivity contribution in [3.05, 3.63) is 20.8 Å². The Hall–Kier alpha value is 0.400. The van der Waals surface area contributed by atoms with E-state index in [9.17, 15) is 8.42 Å². The fourth-order valence-electron chi connectivity index (χ4n) is 2.61. The first-order valence-electron chi connectivity index (χ1n) is 6.87. The number of rotatable bonds is 5. The Morgan fingerprint density at radius 3 is 2.76 bits per heavy atom. The molecule has 1 aliphatic rings. The zero-order valence-electron chi connectivity index (χ0n) is 12.2. The van der Waals surface area contributed by atoms with E-state index in [1.54, 1.807) is 23.1 Å². The van der Waals surface area contributed by atoms with Crippen LogP contribution in [0.15, 0.2) is 15.9 Å². The summed E-state index contributed by atoms with van der Waals surface area (Å²) in [5.41, 5.74) is 6.34. The third-order valence-electron chi connectivity index (χ3n) is 3.74. The minimum atomic E-state index is -3.12. The van der Waals surface area contributed by atoms with E-state index < -0.39 is 15.2 Å². The molecule has 8 heteroatoms. The van der Waals surface area contributed by atoms with Gasteiger partial charge in [0.2, 0.25) is 0 Å². The van der Waals surface area contributed by atoms with Crippen LogP contribution in [-0.2, 0) is 9.84 Å². The molecule has 1 aromatic heterocycles. The molecular weight excluding hydrogens is 392 g/mol. The first-order valence-corrected chi connectivity index (χ1v) is 11.6. The molecule has 2 rings (SSSR count). The second-order valence-corrected chi connectivity index (χ2v) is 11.1. The quantitative estimate of drug-likeness (QED) is 0.804. The summed E-state index contributed by atoms with van der Waals surface area (Å²) in [4.78, 5) is 3.23. The van der Waals surface area contributed by atoms with Crippen LogP contribution in [0.3, 0.4) is 0 Å². The second-order valence-electron chi connectivity index (χ2n) is 5.26. The van der Waals surface area contributed by atoms with E-state index in [0.29, 0.717) is 5.75 Å². The van der Waals surface area contributed by atoms with E-state index in [0.717, 1.165) is 27.4 Å². The van der Waals surface area contributed by atoms with Crippen LogP contribution in [0.25, 0.3) is 0 Å². The van der Waals surface area contributed by atoms with E-state index >= 15 is 0 Å². The van der Waals surface area contributed by atoms with Gasteiger partial charge in [0, 0.05) is 35.2 Å². The van der Waals surface area contributed by atoms with E-state index in [2.05, 4.69) is 33.8 Å². The van der Waals surface area contributed by atoms with Crippen molar-refractivity contribution in [3.8, 4) is 0 Å². The molecule has 0 spiro atoms. The maximum Gasteiger partial charge on any atom is 0.164 e. The van der Waals surface area contributed by atoms with E-state index in [1.807, 2.05) is 6.07 Å². The molecule has 120 valence electrons. The number of thiophene rings is 1. The van der Waals surface area contributed by atoms with Gasteiger partial charge in [0.05, 0.1) is 9.83 Å². The van der Waals surface area contributed by atoms with Gasteiger partial charge < -0.3 is 5.73 Å². The van der Waals surface area contributed by atoms with Gasteiger partial charge in [-0.2, -0.15) is 11.8 Å². The topological polar surface area (TPSA) is 63.4 Å². The molecule has 0 aromatic carbocycles. The molecule has 2 heterocycles. The molecule has 0 aliphatic carbocycles. The average Bonchev–Trinajstić information content (AvgIpc) is 2.84. The fraction of sp³-hybridized carbons (Fsp3) is 0.692. The van der Waals surface area contributed by atoms with Crippen LogP contribution in [0.2, 0.25) is 0 Å². The van der Waals surface area contributed by atoms with Gasteiger partial charge in [-0.3, -0.25) is 4.90 Å². The monoisotopic (exact) mass is 412 g/mol. The van der Waals surface area contributed by atoms with Gasteiger partial charge in [-0.25, -0.2) is 8.42 Å². The maximum absolute atomic E-state index is 12.1. The van der Waals surface area contributed by atoms with Crippen LogP contribution in [-0.4, -0.2) is 49.0 Å². The molecule has 1 saturated heterocycles. The molecule has 0 amide bonds. The highest BCUT2D eigenvalue weighted by atomic mass is 79.9. The van der Waals surface area contributed by atoms with E-state index in [-0.39, 0.29) is 12.1 Å². The highest BCUT2D eigenvalue weighted by Gasteiger charge is 2.38. The van der Waals surface area contributed by atoms with Crippen LogP contribution in [0.5, 0.6) is 0 Å². The minimum Gasteiger partial charge on any atom is -0.326 e. The third-order valence-corrected chi connectivity index (χ3v) is 8.09. The van der Waals surface area contributed by atoms with Crippen molar-refractivity contribution >= 4 is 48.9 Å². The van der Waals surface area contributed by atoms with Gasteiger partial charge in [-0.1, -0.05) is 6.92 Å². The molecule has 0 radical (unpaired) electrons. The van der Waals surface area contributed by atoms with Gasteiger partial charge in [-0.15, -0.1) is 11.3 Å². The van der Waals surface area contributed by atoms with Crippen molar-refractivity contribution < 1.29 is 8.42 Å². The lowest BCUT2D eigenvalue weighted by Crippen LogP contribution is -2.52. The van der Waals surface area contributed by atoms with Crippen LogP contribution in [0.1, 0.15) is 24.3 Å². The number of sulfone groups is 1. The highest BCUT2D eigenvalue weighted by molar-refractivity contribution is 9.11. The SMILES string of the molecule is CCC(N)C(c1ccc(Br)s1)N1CCSCC1S(C)(=O)=O. The lowest BCUT2D eigenvalue weighted by Gasteiger charge is -2.41. The Morgan fingerprint density at radius 1 is 1.52 bits per heavy atom. The molecular formula is C13H21BrN2O2S3. The molecule has 0 saturated carbocycles. The van der Waals surface area contributed by atoms with Gasteiger partial charge in [0.25, 0.3) is 0 Å². The Bertz CT molecular complexity index is 576. The van der Waals surface area contributed by atoms with Gasteiger partial charge in [-0.05, 0) is 34.5 Å². The summed E-state index contributed by atoms with van der Waals surface area (Å²) >= 11 is 6.83. The van der Waals surface area contributed by atoms with Crippen molar-refractivity contribution in [2.24, 2.45) is 5.73 Å². The Morgan fingerprint density at radius 2 is 2.24 bits per heavy atom. The average molecular weight is 413 g/mol. The van der Waals surface area contributed by atoms with Crippen LogP contribution >= 0.6 is 39.0 Å². The number of halogens is 1. The van der Waals surface area contributed by atoms with Crippen molar-refractivity contribution in [2.45, 2.75) is 30.8 Å². The summed E-state index contributed by atoms with van der Waals surface area (Å²) in [5, 5.41) is -0.445. The molecule has 1 fully saturated rings. The number of nitrogens with zero attached hydrogens (tertiary/aromatic N) is 1. The molecule has 3 atom stereocenters. The predicted octanol–water partition coefficient (Wildman–Crippen LogP) is 2.71. The number of thioether (sulfide) groups is 1. The highest BCUT2D eigenvalue weighted by Crippen LogP contribution is 2.37. The summed E-state index contributed by atoms with van der Waals surface area (Å²) < 4.78 is 25.3. The van der Waals surface area contributed by atoms with Crippen molar-refractivity contribution in [1.82, 2.24) is 4.90 Å². The number of hydrogen-bond acceptors (Lipinski definition) is 6. The molecule has 4 nitrogen and oxygen atoms in total. The standard InChI is InChI=1S/C13H21BrN2O2S3/c1-3-9(15)13(10-4-5-11(14)20-10)16-6-7-19-8-12(16)21(2,17)18/h4-5,9,12-13H,3,6-8,15H2,1-2H3. The summed E-state index contributed by atoms with van der Waals surface area (Å²) in [6, 6.07) is 3.95. The Kier molecular flexibility index (Phi) is 6.18. The number of nitrogens with two attached hydrogens (primary N) is 1. The summed E-state index contributed by atoms with van der Waals surface area (Å²) in [5.74, 6) is 1.57. The van der Waals surface area contributed by atoms with Crippen LogP contribution in [0, 0.1) is 0 Å². The zero-order valence-corrected chi connectivity index (χ0v) is 16.2. The summed E-state index contributed by atoms with van der Waals surface area (Å²) in [6.45, 7) is 2.81. The van der Waals surface area contributed by atoms with Crippen molar-refractivity contribution in [2.75, 3.05) is 24.3 Å². The van der Waals surface area contributed by atoms with E-state index in [1.165, 1.54) is 6.26 Å². The van der Waals surface area contributed by atoms with Gasteiger partial charge in [0.1, 0.15) is 5.37 Å². The lowest BCUT2D eigenvalue weighted by atomic mass is 10.0. The molecule has 1 aromatic rings. The van der Waals surface area contributed by atoms with Gasteiger partial charge >= 0.3 is 0 Å². The number of hydrogen-bond donors (Lipinski definition) is 1. The van der Waals surface area contributed by atoms with Gasteiger partial charge in [0.15, 0.2) is 9.84 Å². The fourth-order valence-corrected chi connectivity index (χ4v) is 7.14. The molecule has 3 unspecified atom stereocenters. The lowest BCUT2D eigenvalue weighted by molar-refractivity contribution is 0.168. The maximum atomic E-state index is 12.1. The molecule has 0 bridgehead atoms. The normalized spacial score (nSPS) is 23.9. The molecule has 21 heavy (non-hydrogen) atoms. The smallest absolute Gasteiger partial charge is 0.164 e. The molecule has 2 N–H and O–H groups in total. The Balaban J connectivity index is 2.38. The summed E-state index contributed by atoms with van der Waals surface area (Å²) in [7, 11) is -3.12. The molecule has 1 aliphatic heterocycles. The zero-order chi connectivity index (χ0) is 15.6. The van der Waals surface area contributed by atoms with Crippen LogP contribution in [0.4, 0.5) is 0 Å². The first-order chi connectivity index (χ1) is 9.84. The minimum absolute atomic E-state index is 0.0353. The largest absolute Gasteiger partial charge is 0.326 e. The van der Waals surface area contributed by atoms with Crippen molar-refractivity contribution in [1.29, 1.82) is 0 Å². The first kappa shape index (κ1) is 17.7. The third kappa shape index (κ3) is 4.23. The van der Waals surface area contributed by atoms with E-state index in [4.69, 9.17) is 5.73 Å². The summed E-state index contributed by atoms with van der Waals surface area (Å²) in [6.07, 6.45) is 2.15. The predicted molar refractivity (Wildman–Crippen MR) is 95.7 cm³/mol. The van der Waals surface area contributed by atoms with Crippen LogP contribution < -0.4 is 5.73 Å². The Labute approximate surface area is 143 Å².